The Morgan fingerprint density at radius 2 is 0.754 bits per heavy atom. The second-order valence-electron chi connectivity index (χ2n) is 17.2. The predicted octanol–water partition coefficient (Wildman–Crippen LogP) is 14.2. The maximum atomic E-state index is 6.76. The van der Waals surface area contributed by atoms with E-state index in [2.05, 4.69) is 209 Å². The summed E-state index contributed by atoms with van der Waals surface area (Å²) in [5.41, 5.74) is 20.7. The summed E-state index contributed by atoms with van der Waals surface area (Å²) < 4.78 is 6.76. The highest BCUT2D eigenvalue weighted by Crippen LogP contribution is 2.65. The van der Waals surface area contributed by atoms with Gasteiger partial charge in [-0.2, -0.15) is 0 Å². The van der Waals surface area contributed by atoms with Gasteiger partial charge < -0.3 is 9.64 Å². The van der Waals surface area contributed by atoms with Crippen LogP contribution in [0.3, 0.4) is 0 Å². The number of ether oxygens (including phenoxy) is 1. The third kappa shape index (κ3) is 4.10. The van der Waals surface area contributed by atoms with E-state index in [0.29, 0.717) is 0 Å². The summed E-state index contributed by atoms with van der Waals surface area (Å²) in [6.45, 7) is 9.51. The number of fused-ring (bicyclic) bond motifs is 15. The molecule has 1 heterocycles. The Labute approximate surface area is 334 Å². The summed E-state index contributed by atoms with van der Waals surface area (Å²) in [6, 6.07) is 65.6. The van der Waals surface area contributed by atoms with Crippen LogP contribution in [0, 0.1) is 0 Å². The molecule has 12 rings (SSSR count). The first-order valence-electron chi connectivity index (χ1n) is 20.2. The van der Waals surface area contributed by atoms with E-state index in [-0.39, 0.29) is 10.8 Å². The van der Waals surface area contributed by atoms with Gasteiger partial charge in [0.1, 0.15) is 11.5 Å². The van der Waals surface area contributed by atoms with E-state index in [1.165, 1.54) is 77.9 Å². The second-order valence-corrected chi connectivity index (χ2v) is 17.2. The minimum Gasteiger partial charge on any atom is -0.457 e. The number of anilines is 3. The molecule has 0 bridgehead atoms. The normalized spacial score (nSPS) is 15.9. The molecular weight excluding hydrogens is 691 g/mol. The smallest absolute Gasteiger partial charge is 0.132 e. The van der Waals surface area contributed by atoms with E-state index in [9.17, 15) is 0 Å². The highest BCUT2D eigenvalue weighted by Gasteiger charge is 2.53. The third-order valence-corrected chi connectivity index (χ3v) is 13.7. The van der Waals surface area contributed by atoms with Gasteiger partial charge in [-0.25, -0.2) is 0 Å². The minimum absolute atomic E-state index is 0.149. The zero-order chi connectivity index (χ0) is 38.3. The Hall–Kier alpha value is -6.64. The van der Waals surface area contributed by atoms with Crippen molar-refractivity contribution >= 4 is 17.1 Å². The van der Waals surface area contributed by atoms with Gasteiger partial charge in [-0.05, 0) is 104 Å². The highest BCUT2D eigenvalue weighted by molar-refractivity contribution is 5.97. The summed E-state index contributed by atoms with van der Waals surface area (Å²) in [7, 11) is 0. The fourth-order valence-corrected chi connectivity index (χ4v) is 11.2. The first-order chi connectivity index (χ1) is 27.8. The van der Waals surface area contributed by atoms with Gasteiger partial charge in [-0.1, -0.05) is 161 Å². The van der Waals surface area contributed by atoms with Crippen molar-refractivity contribution in [2.75, 3.05) is 4.90 Å². The molecule has 0 atom stereocenters. The average molecular weight is 732 g/mol. The maximum Gasteiger partial charge on any atom is 0.132 e. The molecule has 0 fully saturated rings. The van der Waals surface area contributed by atoms with E-state index in [0.717, 1.165) is 28.6 Å². The van der Waals surface area contributed by atoms with Crippen molar-refractivity contribution in [1.82, 2.24) is 0 Å². The molecule has 2 nitrogen and oxygen atoms in total. The van der Waals surface area contributed by atoms with E-state index in [1.54, 1.807) is 0 Å². The molecule has 1 aliphatic heterocycles. The Morgan fingerprint density at radius 1 is 0.351 bits per heavy atom. The highest BCUT2D eigenvalue weighted by atomic mass is 16.5. The molecule has 8 aromatic rings. The second kappa shape index (κ2) is 11.2. The summed E-state index contributed by atoms with van der Waals surface area (Å²) in [4.78, 5) is 2.56. The Morgan fingerprint density at radius 3 is 1.28 bits per heavy atom. The van der Waals surface area contributed by atoms with Gasteiger partial charge in [0.05, 0.1) is 11.1 Å². The molecule has 0 unspecified atom stereocenters. The van der Waals surface area contributed by atoms with E-state index in [4.69, 9.17) is 4.74 Å². The standard InChI is InChI=1S/C55H41NO/c1-53(2)42-20-8-5-16-36(42)39-30-28-34(32-47(39)53)56(35-29-31-40-37-17-6-9-21-43(37)54(3,4)48(40)33-35)49-25-15-19-41-38-18-7-10-22-44(38)55(52(41)49)45-23-11-13-26-50(45)57-51-27-14-12-24-46(51)55/h5-33H,1-4H3. The van der Waals surface area contributed by atoms with Crippen LogP contribution in [-0.4, -0.2) is 0 Å². The Kier molecular flexibility index (Phi) is 6.42. The van der Waals surface area contributed by atoms with Gasteiger partial charge in [-0.3, -0.25) is 0 Å². The summed E-state index contributed by atoms with van der Waals surface area (Å²) >= 11 is 0. The molecule has 4 aliphatic rings. The zero-order valence-electron chi connectivity index (χ0n) is 32.6. The molecule has 2 heteroatoms. The van der Waals surface area contributed by atoms with Gasteiger partial charge in [0, 0.05) is 38.9 Å². The van der Waals surface area contributed by atoms with Gasteiger partial charge in [0.2, 0.25) is 0 Å². The molecule has 57 heavy (non-hydrogen) atoms. The van der Waals surface area contributed by atoms with Gasteiger partial charge in [0.25, 0.3) is 0 Å². The number of hydrogen-bond donors (Lipinski definition) is 0. The van der Waals surface area contributed by atoms with Crippen LogP contribution in [0.15, 0.2) is 176 Å². The van der Waals surface area contributed by atoms with Crippen molar-refractivity contribution in [1.29, 1.82) is 0 Å². The van der Waals surface area contributed by atoms with Crippen molar-refractivity contribution in [3.63, 3.8) is 0 Å². The summed E-state index contributed by atoms with van der Waals surface area (Å²) in [5, 5.41) is 0. The lowest BCUT2D eigenvalue weighted by Gasteiger charge is -2.41. The lowest BCUT2D eigenvalue weighted by molar-refractivity contribution is 0.436. The molecule has 0 N–H and O–H groups in total. The molecule has 1 spiro atoms. The van der Waals surface area contributed by atoms with Crippen molar-refractivity contribution < 1.29 is 4.74 Å². The van der Waals surface area contributed by atoms with Crippen molar-refractivity contribution in [3.8, 4) is 44.9 Å². The Balaban J connectivity index is 1.18. The van der Waals surface area contributed by atoms with E-state index < -0.39 is 5.41 Å². The predicted molar refractivity (Wildman–Crippen MR) is 234 cm³/mol. The Bertz CT molecular complexity index is 2870. The fraction of sp³-hybridized carbons (Fsp3) is 0.127. The van der Waals surface area contributed by atoms with Crippen molar-refractivity contribution in [2.45, 2.75) is 43.9 Å². The van der Waals surface area contributed by atoms with Crippen LogP contribution in [0.2, 0.25) is 0 Å². The monoisotopic (exact) mass is 731 g/mol. The number of hydrogen-bond acceptors (Lipinski definition) is 2. The van der Waals surface area contributed by atoms with Crippen LogP contribution in [0.5, 0.6) is 11.5 Å². The molecule has 0 amide bonds. The van der Waals surface area contributed by atoms with Crippen LogP contribution in [-0.2, 0) is 16.2 Å². The van der Waals surface area contributed by atoms with Crippen LogP contribution in [0.25, 0.3) is 33.4 Å². The van der Waals surface area contributed by atoms with E-state index in [1.807, 2.05) is 0 Å². The van der Waals surface area contributed by atoms with Crippen LogP contribution in [0.4, 0.5) is 17.1 Å². The molecule has 0 saturated heterocycles. The van der Waals surface area contributed by atoms with Gasteiger partial charge in [0.15, 0.2) is 0 Å². The maximum absolute atomic E-state index is 6.76. The largest absolute Gasteiger partial charge is 0.457 e. The third-order valence-electron chi connectivity index (χ3n) is 13.7. The quantitative estimate of drug-likeness (QED) is 0.179. The first kappa shape index (κ1) is 32.6. The molecule has 3 aliphatic carbocycles. The van der Waals surface area contributed by atoms with Crippen LogP contribution < -0.4 is 9.64 Å². The number of benzene rings is 8. The molecule has 0 radical (unpaired) electrons. The summed E-state index contributed by atoms with van der Waals surface area (Å²) in [5.74, 6) is 1.79. The lowest BCUT2D eigenvalue weighted by Crippen LogP contribution is -2.33. The minimum atomic E-state index is -0.620. The number of para-hydroxylation sites is 2. The molecule has 272 valence electrons. The molecule has 8 aromatic carbocycles. The lowest BCUT2D eigenvalue weighted by atomic mass is 9.65. The van der Waals surface area contributed by atoms with Crippen molar-refractivity contribution in [2.24, 2.45) is 0 Å². The molecule has 0 saturated carbocycles. The topological polar surface area (TPSA) is 12.5 Å². The average Bonchev–Trinajstić information content (AvgIpc) is 3.76. The SMILES string of the molecule is CC1(C)c2ccccc2-c2ccc(N(c3ccc4c(c3)C(C)(C)c3ccccc3-4)c3cccc4c3C3(c5ccccc5Oc5ccccc53)c3ccccc3-4)cc21. The molecular formula is C55H41NO. The van der Waals surface area contributed by atoms with E-state index >= 15 is 0 Å². The first-order valence-corrected chi connectivity index (χ1v) is 20.2. The van der Waals surface area contributed by atoms with Crippen LogP contribution in [0.1, 0.15) is 72.2 Å². The number of rotatable bonds is 3. The molecule has 0 aromatic heterocycles. The van der Waals surface area contributed by atoms with Gasteiger partial charge >= 0.3 is 0 Å². The van der Waals surface area contributed by atoms with Crippen molar-refractivity contribution in [3.05, 3.63) is 220 Å². The zero-order valence-corrected chi connectivity index (χ0v) is 32.6. The fourth-order valence-electron chi connectivity index (χ4n) is 11.2. The number of nitrogens with zero attached hydrogens (tertiary/aromatic N) is 1. The summed E-state index contributed by atoms with van der Waals surface area (Å²) in [6.07, 6.45) is 0. The van der Waals surface area contributed by atoms with Gasteiger partial charge in [-0.15, -0.1) is 0 Å². The van der Waals surface area contributed by atoms with Crippen LogP contribution >= 0.6 is 0 Å².